The molecule has 2 rings (SSSR count). The fourth-order valence-electron chi connectivity index (χ4n) is 1.88. The normalized spacial score (nSPS) is 10.3. The number of carbonyl (C=O) groups is 1. The van der Waals surface area contributed by atoms with Gasteiger partial charge in [0.15, 0.2) is 0 Å². The third-order valence-electron chi connectivity index (χ3n) is 2.88. The highest BCUT2D eigenvalue weighted by Crippen LogP contribution is 2.23. The van der Waals surface area contributed by atoms with Crippen LogP contribution >= 0.6 is 0 Å². The van der Waals surface area contributed by atoms with Crippen LogP contribution < -0.4 is 10.5 Å². The number of ether oxygens (including phenoxy) is 2. The summed E-state index contributed by atoms with van der Waals surface area (Å²) in [6, 6.07) is 4.92. The van der Waals surface area contributed by atoms with Gasteiger partial charge >= 0.3 is 5.97 Å². The molecule has 2 N–H and O–H groups in total. The highest BCUT2D eigenvalue weighted by molar-refractivity contribution is 5.93. The molecule has 0 amide bonds. The zero-order valence-electron chi connectivity index (χ0n) is 12.0. The topological polar surface area (TPSA) is 79.4 Å². The summed E-state index contributed by atoms with van der Waals surface area (Å²) >= 11 is 0. The number of esters is 1. The first-order valence-electron chi connectivity index (χ1n) is 6.86. The minimum absolute atomic E-state index is 0.323. The first-order valence-corrected chi connectivity index (χ1v) is 6.86. The minimum Gasteiger partial charge on any atom is -0.493 e. The third kappa shape index (κ3) is 4.24. The largest absolute Gasteiger partial charge is 0.493 e. The van der Waals surface area contributed by atoms with E-state index < -0.39 is 5.97 Å². The Morgan fingerprint density at radius 1 is 1.43 bits per heavy atom. The Labute approximate surface area is 123 Å². The number of imidazole rings is 1. The van der Waals surface area contributed by atoms with Gasteiger partial charge in [-0.15, -0.1) is 0 Å². The van der Waals surface area contributed by atoms with E-state index in [1.54, 1.807) is 37.6 Å². The number of anilines is 1. The van der Waals surface area contributed by atoms with Crippen LogP contribution in [-0.2, 0) is 11.3 Å². The van der Waals surface area contributed by atoms with Gasteiger partial charge < -0.3 is 19.8 Å². The lowest BCUT2D eigenvalue weighted by Gasteiger charge is -2.11. The van der Waals surface area contributed by atoms with Crippen LogP contribution in [0.2, 0.25) is 0 Å². The quantitative estimate of drug-likeness (QED) is 0.480. The van der Waals surface area contributed by atoms with E-state index in [0.717, 1.165) is 13.0 Å². The van der Waals surface area contributed by atoms with Gasteiger partial charge in [-0.2, -0.15) is 0 Å². The number of hydrogen-bond donors (Lipinski definition) is 1. The number of nitrogens with zero attached hydrogens (tertiary/aromatic N) is 2. The smallest absolute Gasteiger partial charge is 0.341 e. The fraction of sp³-hybridized carbons (Fsp3) is 0.333. The fourth-order valence-corrected chi connectivity index (χ4v) is 1.88. The van der Waals surface area contributed by atoms with Crippen molar-refractivity contribution in [3.8, 4) is 5.75 Å². The molecule has 0 saturated carbocycles. The maximum Gasteiger partial charge on any atom is 0.341 e. The molecular formula is C15H19N3O3. The maximum atomic E-state index is 11.8. The van der Waals surface area contributed by atoms with Crippen molar-refractivity contribution in [1.29, 1.82) is 0 Å². The van der Waals surface area contributed by atoms with Crippen LogP contribution in [0, 0.1) is 0 Å². The van der Waals surface area contributed by atoms with Crippen LogP contribution in [0.1, 0.15) is 23.7 Å². The van der Waals surface area contributed by atoms with Crippen molar-refractivity contribution in [2.75, 3.05) is 18.9 Å². The molecule has 21 heavy (non-hydrogen) atoms. The number of aryl methyl sites for hydroxylation is 1. The molecule has 1 aromatic heterocycles. The van der Waals surface area contributed by atoms with Crippen molar-refractivity contribution in [1.82, 2.24) is 9.55 Å². The Balaban J connectivity index is 1.94. The Hall–Kier alpha value is -2.50. The molecule has 0 radical (unpaired) electrons. The second-order valence-electron chi connectivity index (χ2n) is 4.48. The summed E-state index contributed by atoms with van der Waals surface area (Å²) in [4.78, 5) is 15.8. The van der Waals surface area contributed by atoms with Crippen molar-refractivity contribution in [3.05, 3.63) is 42.5 Å². The van der Waals surface area contributed by atoms with Crippen LogP contribution in [0.5, 0.6) is 5.75 Å². The van der Waals surface area contributed by atoms with Crippen molar-refractivity contribution in [2.24, 2.45) is 0 Å². The van der Waals surface area contributed by atoms with Gasteiger partial charge in [-0.3, -0.25) is 0 Å². The predicted octanol–water partition coefficient (Wildman–Crippen LogP) is 2.11. The minimum atomic E-state index is -0.401. The van der Waals surface area contributed by atoms with Crippen molar-refractivity contribution in [3.63, 3.8) is 0 Å². The van der Waals surface area contributed by atoms with E-state index in [1.807, 2.05) is 10.8 Å². The predicted molar refractivity (Wildman–Crippen MR) is 79.1 cm³/mol. The van der Waals surface area contributed by atoms with Crippen LogP contribution in [0.3, 0.4) is 0 Å². The number of nitrogen functional groups attached to an aromatic ring is 1. The molecular weight excluding hydrogens is 270 g/mol. The summed E-state index contributed by atoms with van der Waals surface area (Å²) < 4.78 is 12.6. The summed E-state index contributed by atoms with van der Waals surface area (Å²) in [5.74, 6) is 0.0567. The molecule has 0 spiro atoms. The van der Waals surface area contributed by atoms with Gasteiger partial charge in [0.1, 0.15) is 11.3 Å². The molecule has 0 aliphatic heterocycles. The number of hydrogen-bond acceptors (Lipinski definition) is 5. The molecule has 1 heterocycles. The first-order chi connectivity index (χ1) is 10.2. The molecule has 0 unspecified atom stereocenters. The van der Waals surface area contributed by atoms with Crippen molar-refractivity contribution in [2.45, 2.75) is 19.9 Å². The Kier molecular flexibility index (Phi) is 5.20. The molecule has 112 valence electrons. The molecule has 6 heteroatoms. The number of rotatable bonds is 7. The van der Waals surface area contributed by atoms with E-state index >= 15 is 0 Å². The van der Waals surface area contributed by atoms with Crippen molar-refractivity contribution >= 4 is 11.7 Å². The molecule has 0 saturated heterocycles. The van der Waals surface area contributed by atoms with Gasteiger partial charge in [-0.25, -0.2) is 9.78 Å². The second-order valence-corrected chi connectivity index (χ2v) is 4.48. The number of carbonyl (C=O) groups excluding carboxylic acids is 1. The standard InChI is InChI=1S/C15H19N3O3/c1-2-20-15(19)13-5-4-12(16)10-14(13)21-9-3-7-18-8-6-17-11-18/h4-6,8,10-11H,2-3,7,9,16H2,1H3. The van der Waals surface area contributed by atoms with E-state index in [4.69, 9.17) is 15.2 Å². The summed E-state index contributed by atoms with van der Waals surface area (Å²) in [7, 11) is 0. The number of aromatic nitrogens is 2. The van der Waals surface area contributed by atoms with E-state index in [9.17, 15) is 4.79 Å². The van der Waals surface area contributed by atoms with E-state index in [-0.39, 0.29) is 0 Å². The molecule has 1 aromatic carbocycles. The molecule has 6 nitrogen and oxygen atoms in total. The van der Waals surface area contributed by atoms with Gasteiger partial charge in [0.2, 0.25) is 0 Å². The molecule has 0 atom stereocenters. The van der Waals surface area contributed by atoms with Crippen LogP contribution in [0.15, 0.2) is 36.9 Å². The monoisotopic (exact) mass is 289 g/mol. The average Bonchev–Trinajstić information content (AvgIpc) is 2.97. The molecule has 2 aromatic rings. The van der Waals surface area contributed by atoms with E-state index in [2.05, 4.69) is 4.98 Å². The summed E-state index contributed by atoms with van der Waals surface area (Å²) in [6.07, 6.45) is 6.18. The van der Waals surface area contributed by atoms with E-state index in [0.29, 0.717) is 30.2 Å². The lowest BCUT2D eigenvalue weighted by atomic mass is 10.2. The zero-order valence-corrected chi connectivity index (χ0v) is 12.0. The Morgan fingerprint density at radius 3 is 3.00 bits per heavy atom. The molecule has 0 bridgehead atoms. The van der Waals surface area contributed by atoms with Gasteiger partial charge in [0.05, 0.1) is 19.5 Å². The second kappa shape index (κ2) is 7.33. The summed E-state index contributed by atoms with van der Waals surface area (Å²) in [5, 5.41) is 0. The van der Waals surface area contributed by atoms with Gasteiger partial charge in [0.25, 0.3) is 0 Å². The van der Waals surface area contributed by atoms with Crippen LogP contribution in [-0.4, -0.2) is 28.7 Å². The van der Waals surface area contributed by atoms with E-state index in [1.165, 1.54) is 0 Å². The highest BCUT2D eigenvalue weighted by atomic mass is 16.5. The average molecular weight is 289 g/mol. The maximum absolute atomic E-state index is 11.8. The Morgan fingerprint density at radius 2 is 2.29 bits per heavy atom. The summed E-state index contributed by atoms with van der Waals surface area (Å²) in [5.41, 5.74) is 6.68. The van der Waals surface area contributed by atoms with Gasteiger partial charge in [0, 0.05) is 30.7 Å². The first kappa shape index (κ1) is 14.9. The van der Waals surface area contributed by atoms with Crippen LogP contribution in [0.25, 0.3) is 0 Å². The SMILES string of the molecule is CCOC(=O)c1ccc(N)cc1OCCCn1ccnc1. The number of nitrogens with two attached hydrogens (primary N) is 1. The number of benzene rings is 1. The molecule has 0 aliphatic carbocycles. The molecule has 0 fully saturated rings. The zero-order chi connectivity index (χ0) is 15.1. The van der Waals surface area contributed by atoms with Crippen molar-refractivity contribution < 1.29 is 14.3 Å². The van der Waals surface area contributed by atoms with Gasteiger partial charge in [-0.1, -0.05) is 0 Å². The Bertz CT molecular complexity index is 582. The molecule has 0 aliphatic rings. The van der Waals surface area contributed by atoms with Gasteiger partial charge in [-0.05, 0) is 25.5 Å². The third-order valence-corrected chi connectivity index (χ3v) is 2.88. The summed E-state index contributed by atoms with van der Waals surface area (Å²) in [6.45, 7) is 3.37. The lowest BCUT2D eigenvalue weighted by molar-refractivity contribution is 0.0521. The van der Waals surface area contributed by atoms with Crippen LogP contribution in [0.4, 0.5) is 5.69 Å². The lowest BCUT2D eigenvalue weighted by Crippen LogP contribution is -2.10. The highest BCUT2D eigenvalue weighted by Gasteiger charge is 2.13.